The fraction of sp³-hybridized carbons (Fsp3) is 1.00. The number of nitrogens with one attached hydrogen (secondary N) is 1. The average molecular weight is 198 g/mol. The summed E-state index contributed by atoms with van der Waals surface area (Å²) in [5.74, 6) is 0. The molecule has 3 nitrogen and oxygen atoms in total. The van der Waals surface area contributed by atoms with Gasteiger partial charge in [0.15, 0.2) is 0 Å². The van der Waals surface area contributed by atoms with Crippen LogP contribution in [0.3, 0.4) is 0 Å². The molecule has 2 atom stereocenters. The van der Waals surface area contributed by atoms with Crippen molar-refractivity contribution in [2.45, 2.75) is 38.3 Å². The summed E-state index contributed by atoms with van der Waals surface area (Å²) >= 11 is 0. The first-order valence-corrected chi connectivity index (χ1v) is 5.91. The van der Waals surface area contributed by atoms with E-state index in [1.54, 1.807) is 0 Å². The van der Waals surface area contributed by atoms with Crippen LogP contribution in [0.5, 0.6) is 0 Å². The minimum atomic E-state index is 0.616. The second-order valence-electron chi connectivity index (χ2n) is 4.54. The van der Waals surface area contributed by atoms with Gasteiger partial charge < -0.3 is 10.1 Å². The Morgan fingerprint density at radius 3 is 3.14 bits per heavy atom. The Kier molecular flexibility index (Phi) is 3.79. The predicted octanol–water partition coefficient (Wildman–Crippen LogP) is 0.849. The van der Waals surface area contributed by atoms with Crippen molar-refractivity contribution >= 4 is 0 Å². The van der Waals surface area contributed by atoms with Crippen molar-refractivity contribution < 1.29 is 4.74 Å². The number of morpholine rings is 1. The third kappa shape index (κ3) is 2.69. The van der Waals surface area contributed by atoms with Crippen LogP contribution < -0.4 is 5.32 Å². The molecule has 1 N–H and O–H groups in total. The minimum absolute atomic E-state index is 0.616. The van der Waals surface area contributed by atoms with Crippen LogP contribution in [0.2, 0.25) is 0 Å². The van der Waals surface area contributed by atoms with Crippen LogP contribution in [0.4, 0.5) is 0 Å². The maximum Gasteiger partial charge on any atom is 0.0619 e. The Hall–Kier alpha value is -0.120. The molecule has 0 saturated carbocycles. The maximum atomic E-state index is 5.43. The zero-order chi connectivity index (χ0) is 9.80. The van der Waals surface area contributed by atoms with E-state index >= 15 is 0 Å². The molecule has 0 bridgehead atoms. The number of nitrogens with zero attached hydrogens (tertiary/aromatic N) is 1. The molecule has 2 saturated heterocycles. The van der Waals surface area contributed by atoms with Crippen LogP contribution in [0.1, 0.15) is 26.2 Å². The lowest BCUT2D eigenvalue weighted by molar-refractivity contribution is -0.00157. The van der Waals surface area contributed by atoms with Crippen molar-refractivity contribution in [3.05, 3.63) is 0 Å². The molecule has 2 unspecified atom stereocenters. The third-order valence-electron chi connectivity index (χ3n) is 3.43. The lowest BCUT2D eigenvalue weighted by Gasteiger charge is -2.33. The Morgan fingerprint density at radius 2 is 2.43 bits per heavy atom. The van der Waals surface area contributed by atoms with Crippen LogP contribution >= 0.6 is 0 Å². The van der Waals surface area contributed by atoms with E-state index in [-0.39, 0.29) is 0 Å². The molecule has 2 aliphatic rings. The van der Waals surface area contributed by atoms with Crippen LogP contribution in [-0.2, 0) is 4.74 Å². The lowest BCUT2D eigenvalue weighted by atomic mass is 10.1. The number of ether oxygens (including phenoxy) is 1. The fourth-order valence-corrected chi connectivity index (χ4v) is 2.42. The first-order valence-electron chi connectivity index (χ1n) is 5.91. The van der Waals surface area contributed by atoms with Gasteiger partial charge in [-0.2, -0.15) is 0 Å². The first-order chi connectivity index (χ1) is 6.86. The highest BCUT2D eigenvalue weighted by Crippen LogP contribution is 2.12. The molecule has 0 spiro atoms. The molecule has 82 valence electrons. The SMILES string of the molecule is CC1COCCN1CCC1CCCN1. The highest BCUT2D eigenvalue weighted by atomic mass is 16.5. The number of hydrogen-bond donors (Lipinski definition) is 1. The highest BCUT2D eigenvalue weighted by Gasteiger charge is 2.20. The molecule has 2 heterocycles. The van der Waals surface area contributed by atoms with Gasteiger partial charge in [-0.15, -0.1) is 0 Å². The minimum Gasteiger partial charge on any atom is -0.379 e. The van der Waals surface area contributed by atoms with E-state index in [0.717, 1.165) is 25.8 Å². The zero-order valence-electron chi connectivity index (χ0n) is 9.17. The second-order valence-corrected chi connectivity index (χ2v) is 4.54. The van der Waals surface area contributed by atoms with E-state index in [1.165, 1.54) is 32.4 Å². The number of rotatable bonds is 3. The lowest BCUT2D eigenvalue weighted by Crippen LogP contribution is -2.45. The Balaban J connectivity index is 1.67. The first kappa shape index (κ1) is 10.4. The van der Waals surface area contributed by atoms with Crippen molar-refractivity contribution in [3.8, 4) is 0 Å². The molecule has 0 radical (unpaired) electrons. The van der Waals surface area contributed by atoms with Crippen molar-refractivity contribution in [1.82, 2.24) is 10.2 Å². The van der Waals surface area contributed by atoms with E-state index in [9.17, 15) is 0 Å². The van der Waals surface area contributed by atoms with Gasteiger partial charge in [0.2, 0.25) is 0 Å². The standard InChI is InChI=1S/C11H22N2O/c1-10-9-14-8-7-13(10)6-4-11-3-2-5-12-11/h10-12H,2-9H2,1H3. The molecule has 2 rings (SSSR count). The van der Waals surface area contributed by atoms with Gasteiger partial charge in [0.05, 0.1) is 13.2 Å². The van der Waals surface area contributed by atoms with Crippen molar-refractivity contribution in [2.24, 2.45) is 0 Å². The third-order valence-corrected chi connectivity index (χ3v) is 3.43. The van der Waals surface area contributed by atoms with Gasteiger partial charge in [0, 0.05) is 25.2 Å². The molecule has 0 aromatic heterocycles. The summed E-state index contributed by atoms with van der Waals surface area (Å²) in [7, 11) is 0. The molecule has 0 aromatic carbocycles. The summed E-state index contributed by atoms with van der Waals surface area (Å²) in [5.41, 5.74) is 0. The van der Waals surface area contributed by atoms with Gasteiger partial charge in [-0.1, -0.05) is 0 Å². The molecule has 0 aliphatic carbocycles. The summed E-state index contributed by atoms with van der Waals surface area (Å²) in [6, 6.07) is 1.40. The van der Waals surface area contributed by atoms with Gasteiger partial charge in [-0.25, -0.2) is 0 Å². The molecule has 0 aromatic rings. The van der Waals surface area contributed by atoms with E-state index in [1.807, 2.05) is 0 Å². The molecule has 2 aliphatic heterocycles. The van der Waals surface area contributed by atoms with Crippen molar-refractivity contribution in [2.75, 3.05) is 32.8 Å². The predicted molar refractivity (Wildman–Crippen MR) is 57.5 cm³/mol. The average Bonchev–Trinajstić information content (AvgIpc) is 2.69. The van der Waals surface area contributed by atoms with Crippen LogP contribution in [0, 0.1) is 0 Å². The fourth-order valence-electron chi connectivity index (χ4n) is 2.42. The summed E-state index contributed by atoms with van der Waals surface area (Å²) in [4.78, 5) is 2.56. The van der Waals surface area contributed by atoms with E-state index in [4.69, 9.17) is 4.74 Å². The van der Waals surface area contributed by atoms with E-state index in [2.05, 4.69) is 17.1 Å². The Bertz CT molecular complexity index is 169. The monoisotopic (exact) mass is 198 g/mol. The van der Waals surface area contributed by atoms with Gasteiger partial charge in [-0.05, 0) is 32.7 Å². The Labute approximate surface area is 86.8 Å². The molecule has 14 heavy (non-hydrogen) atoms. The van der Waals surface area contributed by atoms with Crippen molar-refractivity contribution in [1.29, 1.82) is 0 Å². The van der Waals surface area contributed by atoms with Gasteiger partial charge in [0.25, 0.3) is 0 Å². The maximum absolute atomic E-state index is 5.43. The van der Waals surface area contributed by atoms with E-state index < -0.39 is 0 Å². The Morgan fingerprint density at radius 1 is 1.50 bits per heavy atom. The summed E-state index contributed by atoms with van der Waals surface area (Å²) in [5, 5.41) is 3.55. The largest absolute Gasteiger partial charge is 0.379 e. The van der Waals surface area contributed by atoms with Gasteiger partial charge >= 0.3 is 0 Å². The van der Waals surface area contributed by atoms with Gasteiger partial charge in [0.1, 0.15) is 0 Å². The highest BCUT2D eigenvalue weighted by molar-refractivity contribution is 4.78. The molecular formula is C11H22N2O. The van der Waals surface area contributed by atoms with Crippen molar-refractivity contribution in [3.63, 3.8) is 0 Å². The summed E-state index contributed by atoms with van der Waals surface area (Å²) in [6.45, 7) is 7.68. The smallest absolute Gasteiger partial charge is 0.0619 e. The zero-order valence-corrected chi connectivity index (χ0v) is 9.17. The van der Waals surface area contributed by atoms with Crippen LogP contribution in [0.25, 0.3) is 0 Å². The quantitative estimate of drug-likeness (QED) is 0.727. The summed E-state index contributed by atoms with van der Waals surface area (Å²) in [6.07, 6.45) is 4.05. The summed E-state index contributed by atoms with van der Waals surface area (Å²) < 4.78 is 5.43. The van der Waals surface area contributed by atoms with Gasteiger partial charge in [-0.3, -0.25) is 4.90 Å². The normalized spacial score (nSPS) is 34.9. The number of hydrogen-bond acceptors (Lipinski definition) is 3. The van der Waals surface area contributed by atoms with Crippen LogP contribution in [0.15, 0.2) is 0 Å². The topological polar surface area (TPSA) is 24.5 Å². The molecule has 2 fully saturated rings. The van der Waals surface area contributed by atoms with Crippen LogP contribution in [-0.4, -0.2) is 49.8 Å². The molecule has 3 heteroatoms. The second kappa shape index (κ2) is 5.10. The van der Waals surface area contributed by atoms with E-state index in [0.29, 0.717) is 6.04 Å². The molecule has 0 amide bonds. The molecular weight excluding hydrogens is 176 g/mol.